The van der Waals surface area contributed by atoms with E-state index in [1.807, 2.05) is 54.6 Å². The first kappa shape index (κ1) is 19.0. The van der Waals surface area contributed by atoms with Crippen LogP contribution in [0.5, 0.6) is 5.75 Å². The van der Waals surface area contributed by atoms with Gasteiger partial charge in [-0.3, -0.25) is 4.99 Å². The number of azo groups is 1. The van der Waals surface area contributed by atoms with Crippen LogP contribution in [0, 0.1) is 0 Å². The molecule has 31 heavy (non-hydrogen) atoms. The first-order chi connectivity index (χ1) is 15.2. The van der Waals surface area contributed by atoms with Crippen LogP contribution >= 0.6 is 11.6 Å². The monoisotopic (exact) mass is 425 g/mol. The first-order valence-corrected chi connectivity index (χ1v) is 9.99. The summed E-state index contributed by atoms with van der Waals surface area (Å²) >= 11 is 5.97. The number of aromatic hydroxyl groups is 1. The summed E-state index contributed by atoms with van der Waals surface area (Å²) in [6.45, 7) is 0. The van der Waals surface area contributed by atoms with Gasteiger partial charge in [0.05, 0.1) is 17.1 Å². The largest absolute Gasteiger partial charge is 0.507 e. The highest BCUT2D eigenvalue weighted by atomic mass is 35.5. The molecular formula is C25H16ClN3O2. The van der Waals surface area contributed by atoms with Crippen LogP contribution in [0.2, 0.25) is 5.02 Å². The summed E-state index contributed by atoms with van der Waals surface area (Å²) in [5, 5.41) is 21.3. The molecule has 5 nitrogen and oxygen atoms in total. The van der Waals surface area contributed by atoms with E-state index in [9.17, 15) is 5.11 Å². The van der Waals surface area contributed by atoms with Crippen molar-refractivity contribution < 1.29 is 9.52 Å². The number of phenols is 1. The molecule has 1 heterocycles. The van der Waals surface area contributed by atoms with E-state index in [0.717, 1.165) is 27.6 Å². The third-order valence-corrected chi connectivity index (χ3v) is 5.05. The Balaban J connectivity index is 1.42. The Morgan fingerprint density at radius 3 is 2.35 bits per heavy atom. The zero-order valence-corrected chi connectivity index (χ0v) is 17.0. The lowest BCUT2D eigenvalue weighted by Gasteiger charge is -2.00. The van der Waals surface area contributed by atoms with Gasteiger partial charge in [0.15, 0.2) is 0 Å². The van der Waals surface area contributed by atoms with Crippen molar-refractivity contribution in [3.05, 3.63) is 95.5 Å². The molecule has 150 valence electrons. The van der Waals surface area contributed by atoms with Gasteiger partial charge in [0.1, 0.15) is 16.9 Å². The van der Waals surface area contributed by atoms with Crippen LogP contribution in [-0.4, -0.2) is 11.3 Å². The SMILES string of the molecule is Oc1ccc(N=Nc2cccc(Cl)c2)cc1C=Nc1ccc2c(c1)oc1ccccc12. The van der Waals surface area contributed by atoms with Crippen molar-refractivity contribution >= 4 is 56.8 Å². The maximum absolute atomic E-state index is 10.2. The van der Waals surface area contributed by atoms with Crippen molar-refractivity contribution in [3.8, 4) is 5.75 Å². The molecule has 0 amide bonds. The standard InChI is InChI=1S/C25H16ClN3O2/c26-17-4-3-5-19(13-17)28-29-20-9-11-23(30)16(12-20)15-27-18-8-10-22-21-6-1-2-7-24(21)31-25(22)14-18/h1-15,30H. The Kier molecular flexibility index (Phi) is 4.94. The second-order valence-corrected chi connectivity index (χ2v) is 7.40. The predicted octanol–water partition coefficient (Wildman–Crippen LogP) is 8.11. The van der Waals surface area contributed by atoms with Gasteiger partial charge < -0.3 is 9.52 Å². The molecule has 0 aliphatic carbocycles. The summed E-state index contributed by atoms with van der Waals surface area (Å²) < 4.78 is 5.91. The van der Waals surface area contributed by atoms with Crippen molar-refractivity contribution in [1.82, 2.24) is 0 Å². The van der Waals surface area contributed by atoms with Gasteiger partial charge in [-0.25, -0.2) is 0 Å². The number of hydrogen-bond acceptors (Lipinski definition) is 5. The van der Waals surface area contributed by atoms with Gasteiger partial charge >= 0.3 is 0 Å². The highest BCUT2D eigenvalue weighted by Gasteiger charge is 2.06. The molecule has 5 rings (SSSR count). The fraction of sp³-hybridized carbons (Fsp3) is 0. The van der Waals surface area contributed by atoms with E-state index in [-0.39, 0.29) is 5.75 Å². The lowest BCUT2D eigenvalue weighted by Crippen LogP contribution is -1.82. The van der Waals surface area contributed by atoms with E-state index in [1.165, 1.54) is 0 Å². The van der Waals surface area contributed by atoms with Gasteiger partial charge in [-0.15, -0.1) is 0 Å². The molecule has 4 aromatic carbocycles. The van der Waals surface area contributed by atoms with E-state index in [4.69, 9.17) is 16.0 Å². The molecule has 1 aromatic heterocycles. The highest BCUT2D eigenvalue weighted by Crippen LogP contribution is 2.31. The minimum atomic E-state index is 0.107. The fourth-order valence-corrected chi connectivity index (χ4v) is 3.48. The molecule has 1 N–H and O–H groups in total. The average Bonchev–Trinajstić information content (AvgIpc) is 3.15. The molecule has 0 unspecified atom stereocenters. The van der Waals surface area contributed by atoms with Crippen LogP contribution in [-0.2, 0) is 0 Å². The predicted molar refractivity (Wildman–Crippen MR) is 125 cm³/mol. The molecule has 6 heteroatoms. The Hall–Kier alpha value is -3.96. The summed E-state index contributed by atoms with van der Waals surface area (Å²) in [7, 11) is 0. The van der Waals surface area contributed by atoms with Gasteiger partial charge in [-0.1, -0.05) is 35.9 Å². The molecule has 0 spiro atoms. The fourth-order valence-electron chi connectivity index (χ4n) is 3.30. The third-order valence-electron chi connectivity index (χ3n) is 4.82. The summed E-state index contributed by atoms with van der Waals surface area (Å²) in [6.07, 6.45) is 1.59. The van der Waals surface area contributed by atoms with Crippen molar-refractivity contribution in [2.75, 3.05) is 0 Å². The number of furan rings is 1. The Bertz CT molecular complexity index is 1470. The number of hydrogen-bond donors (Lipinski definition) is 1. The van der Waals surface area contributed by atoms with E-state index < -0.39 is 0 Å². The average molecular weight is 426 g/mol. The molecule has 0 atom stereocenters. The number of fused-ring (bicyclic) bond motifs is 3. The normalized spacial score (nSPS) is 11.9. The number of nitrogens with zero attached hydrogens (tertiary/aromatic N) is 3. The molecule has 0 saturated heterocycles. The molecular weight excluding hydrogens is 410 g/mol. The van der Waals surface area contributed by atoms with E-state index in [1.54, 1.807) is 36.5 Å². The van der Waals surface area contributed by atoms with Crippen LogP contribution < -0.4 is 0 Å². The molecule has 5 aromatic rings. The van der Waals surface area contributed by atoms with Gasteiger partial charge in [-0.05, 0) is 54.6 Å². The van der Waals surface area contributed by atoms with Gasteiger partial charge in [-0.2, -0.15) is 10.2 Å². The maximum Gasteiger partial charge on any atom is 0.137 e. The summed E-state index contributed by atoms with van der Waals surface area (Å²) in [6, 6.07) is 25.8. The molecule has 0 bridgehead atoms. The number of aliphatic imine (C=N–C) groups is 1. The van der Waals surface area contributed by atoms with Gasteiger partial charge in [0.25, 0.3) is 0 Å². The number of benzene rings is 4. The summed E-state index contributed by atoms with van der Waals surface area (Å²) in [4.78, 5) is 4.49. The molecule has 0 saturated carbocycles. The number of phenolic OH excluding ortho intramolecular Hbond substituents is 1. The Labute approximate surface area is 183 Å². The van der Waals surface area contributed by atoms with Crippen molar-refractivity contribution in [1.29, 1.82) is 0 Å². The second kappa shape index (κ2) is 8.05. The lowest BCUT2D eigenvalue weighted by atomic mass is 10.1. The zero-order chi connectivity index (χ0) is 21.2. The number of para-hydroxylation sites is 1. The Morgan fingerprint density at radius 1 is 0.710 bits per heavy atom. The van der Waals surface area contributed by atoms with Crippen LogP contribution in [0.25, 0.3) is 21.9 Å². The topological polar surface area (TPSA) is 70.5 Å². The molecule has 0 radical (unpaired) electrons. The van der Waals surface area contributed by atoms with Crippen LogP contribution in [0.4, 0.5) is 17.1 Å². The van der Waals surface area contributed by atoms with Crippen LogP contribution in [0.15, 0.2) is 105 Å². The summed E-state index contributed by atoms with van der Waals surface area (Å²) in [5.74, 6) is 0.107. The molecule has 0 aliphatic rings. The van der Waals surface area contributed by atoms with Crippen LogP contribution in [0.1, 0.15) is 5.56 Å². The number of rotatable bonds is 4. The zero-order valence-electron chi connectivity index (χ0n) is 16.2. The first-order valence-electron chi connectivity index (χ1n) is 9.61. The quantitative estimate of drug-likeness (QED) is 0.233. The highest BCUT2D eigenvalue weighted by molar-refractivity contribution is 6.30. The summed E-state index contributed by atoms with van der Waals surface area (Å²) in [5.41, 5.74) is 4.10. The third kappa shape index (κ3) is 4.04. The van der Waals surface area contributed by atoms with Gasteiger partial charge in [0, 0.05) is 33.6 Å². The minimum Gasteiger partial charge on any atom is -0.507 e. The van der Waals surface area contributed by atoms with Gasteiger partial charge in [0.2, 0.25) is 0 Å². The Morgan fingerprint density at radius 2 is 1.48 bits per heavy atom. The van der Waals surface area contributed by atoms with Crippen molar-refractivity contribution in [2.45, 2.75) is 0 Å². The smallest absolute Gasteiger partial charge is 0.137 e. The van der Waals surface area contributed by atoms with E-state index in [0.29, 0.717) is 22.0 Å². The second-order valence-electron chi connectivity index (χ2n) is 6.96. The van der Waals surface area contributed by atoms with Crippen molar-refractivity contribution in [2.24, 2.45) is 15.2 Å². The van der Waals surface area contributed by atoms with E-state index in [2.05, 4.69) is 15.2 Å². The minimum absolute atomic E-state index is 0.107. The lowest BCUT2D eigenvalue weighted by molar-refractivity contribution is 0.474. The van der Waals surface area contributed by atoms with Crippen molar-refractivity contribution in [3.63, 3.8) is 0 Å². The van der Waals surface area contributed by atoms with E-state index >= 15 is 0 Å². The maximum atomic E-state index is 10.2. The van der Waals surface area contributed by atoms with Crippen LogP contribution in [0.3, 0.4) is 0 Å². The molecule has 0 fully saturated rings. The number of halogens is 1. The molecule has 0 aliphatic heterocycles.